The molecule has 0 spiro atoms. The summed E-state index contributed by atoms with van der Waals surface area (Å²) in [5.41, 5.74) is 0.414. The van der Waals surface area contributed by atoms with E-state index in [1.54, 1.807) is 13.8 Å². The molecule has 0 radical (unpaired) electrons. The first-order chi connectivity index (χ1) is 20.3. The molecule has 0 saturated heterocycles. The van der Waals surface area contributed by atoms with Gasteiger partial charge in [-0.05, 0) is 53.8 Å². The van der Waals surface area contributed by atoms with E-state index < -0.39 is 11.9 Å². The van der Waals surface area contributed by atoms with E-state index >= 15 is 0 Å². The second kappa shape index (κ2) is 16.7. The van der Waals surface area contributed by atoms with Gasteiger partial charge in [-0.3, -0.25) is 0 Å². The third kappa shape index (κ3) is 9.14. The molecule has 0 bridgehead atoms. The molecule has 0 aliphatic carbocycles. The molecule has 4 rings (SSSR count). The number of esters is 2. The highest BCUT2D eigenvalue weighted by molar-refractivity contribution is 6.39. The quantitative estimate of drug-likeness (QED) is 0.196. The van der Waals surface area contributed by atoms with Crippen molar-refractivity contribution >= 4 is 58.3 Å². The van der Waals surface area contributed by atoms with E-state index in [0.717, 1.165) is 0 Å². The third-order valence-corrected chi connectivity index (χ3v) is 6.32. The van der Waals surface area contributed by atoms with Crippen LogP contribution in [-0.4, -0.2) is 78.8 Å². The van der Waals surface area contributed by atoms with Crippen LogP contribution < -0.4 is 9.47 Å². The van der Waals surface area contributed by atoms with Crippen LogP contribution >= 0.6 is 46.4 Å². The lowest BCUT2D eigenvalue weighted by molar-refractivity contribution is 0.0516. The van der Waals surface area contributed by atoms with Gasteiger partial charge in [0.05, 0.1) is 57.5 Å². The van der Waals surface area contributed by atoms with E-state index in [-0.39, 0.29) is 59.1 Å². The Morgan fingerprint density at radius 3 is 1.76 bits per heavy atom. The van der Waals surface area contributed by atoms with Gasteiger partial charge in [-0.25, -0.2) is 14.3 Å². The number of carbonyl (C=O) groups is 2. The van der Waals surface area contributed by atoms with Gasteiger partial charge >= 0.3 is 11.9 Å². The summed E-state index contributed by atoms with van der Waals surface area (Å²) in [5.74, 6) is -0.590. The van der Waals surface area contributed by atoms with Crippen LogP contribution in [0.5, 0.6) is 11.5 Å². The van der Waals surface area contributed by atoms with Gasteiger partial charge in [0.2, 0.25) is 0 Å². The van der Waals surface area contributed by atoms with E-state index in [1.807, 2.05) is 0 Å². The Bertz CT molecular complexity index is 1350. The first-order valence-corrected chi connectivity index (χ1v) is 13.7. The molecule has 224 valence electrons. The number of hydrogen-bond acceptors (Lipinski definition) is 12. The van der Waals surface area contributed by atoms with Crippen molar-refractivity contribution in [3.05, 3.63) is 68.1 Å². The maximum absolute atomic E-state index is 11.8. The number of nitrogens with zero attached hydrogens (tertiary/aromatic N) is 8. The Hall–Kier alpha value is -3.72. The number of carbonyl (C=O) groups excluding carboxylic acids is 2. The molecule has 0 aliphatic heterocycles. The second-order valence-corrected chi connectivity index (χ2v) is 9.29. The van der Waals surface area contributed by atoms with Crippen molar-refractivity contribution < 1.29 is 28.5 Å². The zero-order valence-corrected chi connectivity index (χ0v) is 25.3. The summed E-state index contributed by atoms with van der Waals surface area (Å²) in [5, 5.41) is 22.7. The minimum atomic E-state index is -0.526. The molecule has 0 atom stereocenters. The maximum Gasteiger partial charge on any atom is 0.339 e. The van der Waals surface area contributed by atoms with Crippen molar-refractivity contribution in [1.29, 1.82) is 0 Å². The van der Waals surface area contributed by atoms with Crippen LogP contribution in [0.3, 0.4) is 0 Å². The summed E-state index contributed by atoms with van der Waals surface area (Å²) in [6.45, 7) is 5.20. The fourth-order valence-electron chi connectivity index (χ4n) is 3.11. The molecule has 2 aromatic heterocycles. The standard InChI is InChI=1S/2C12H12Cl2N4O3/c1-2-20-12(19)8-3-4-9(13)11(10(8)14)21-6-5-18-7-15-16-17-18;1-2-20-12(19)8-3-4-9(13)11(10(8)14)21-6-5-18-16-7-15-17-18/h2*3-4,7H,2,5-6H2,1H3. The summed E-state index contributed by atoms with van der Waals surface area (Å²) < 4.78 is 22.4. The molecular weight excluding hydrogens is 638 g/mol. The van der Waals surface area contributed by atoms with Crippen LogP contribution in [0.4, 0.5) is 0 Å². The first kappa shape index (κ1) is 32.8. The number of hydrogen-bond donors (Lipinski definition) is 0. The maximum atomic E-state index is 11.8. The van der Waals surface area contributed by atoms with Gasteiger partial charge in [0.25, 0.3) is 0 Å². The Labute approximate surface area is 259 Å². The number of aromatic nitrogens is 8. The Kier molecular flexibility index (Phi) is 13.0. The smallest absolute Gasteiger partial charge is 0.339 e. The number of benzene rings is 2. The van der Waals surface area contributed by atoms with Crippen LogP contribution in [0.1, 0.15) is 34.6 Å². The van der Waals surface area contributed by atoms with Gasteiger partial charge in [-0.2, -0.15) is 4.80 Å². The average molecular weight is 662 g/mol. The van der Waals surface area contributed by atoms with Gasteiger partial charge in [0, 0.05) is 0 Å². The fraction of sp³-hybridized carbons (Fsp3) is 0.333. The van der Waals surface area contributed by atoms with E-state index in [9.17, 15) is 9.59 Å². The van der Waals surface area contributed by atoms with E-state index in [4.69, 9.17) is 65.4 Å². The van der Waals surface area contributed by atoms with Crippen molar-refractivity contribution in [3.8, 4) is 11.5 Å². The highest BCUT2D eigenvalue weighted by Crippen LogP contribution is 2.37. The molecule has 0 aliphatic rings. The average Bonchev–Trinajstić information content (AvgIpc) is 3.68. The van der Waals surface area contributed by atoms with Gasteiger partial charge in [0.1, 0.15) is 19.5 Å². The topological polar surface area (TPSA) is 158 Å². The molecule has 0 saturated carbocycles. The lowest BCUT2D eigenvalue weighted by Gasteiger charge is -2.12. The third-order valence-electron chi connectivity index (χ3n) is 4.98. The highest BCUT2D eigenvalue weighted by Gasteiger charge is 2.19. The minimum absolute atomic E-state index is 0.118. The summed E-state index contributed by atoms with van der Waals surface area (Å²) in [6.07, 6.45) is 2.78. The highest BCUT2D eigenvalue weighted by atomic mass is 35.5. The van der Waals surface area contributed by atoms with Crippen molar-refractivity contribution in [3.63, 3.8) is 0 Å². The summed E-state index contributed by atoms with van der Waals surface area (Å²) >= 11 is 24.4. The zero-order chi connectivity index (χ0) is 30.5. The number of tetrazole rings is 2. The van der Waals surface area contributed by atoms with Gasteiger partial charge in [-0.15, -0.1) is 15.3 Å². The summed E-state index contributed by atoms with van der Waals surface area (Å²) in [4.78, 5) is 24.9. The van der Waals surface area contributed by atoms with Gasteiger partial charge in [-0.1, -0.05) is 46.4 Å². The van der Waals surface area contributed by atoms with Crippen molar-refractivity contribution in [2.45, 2.75) is 26.9 Å². The fourth-order valence-corrected chi connectivity index (χ4v) is 4.22. The van der Waals surface area contributed by atoms with Gasteiger partial charge in [0.15, 0.2) is 17.8 Å². The largest absolute Gasteiger partial charge is 0.488 e. The lowest BCUT2D eigenvalue weighted by atomic mass is 10.2. The van der Waals surface area contributed by atoms with Crippen molar-refractivity contribution in [1.82, 2.24) is 40.4 Å². The second-order valence-electron chi connectivity index (χ2n) is 7.72. The number of ether oxygens (including phenoxy) is 4. The Morgan fingerprint density at radius 1 is 0.762 bits per heavy atom. The molecule has 2 heterocycles. The van der Waals surface area contributed by atoms with Gasteiger partial charge < -0.3 is 18.9 Å². The molecule has 4 aromatic rings. The van der Waals surface area contributed by atoms with Crippen molar-refractivity contribution in [2.24, 2.45) is 0 Å². The van der Waals surface area contributed by atoms with E-state index in [0.29, 0.717) is 23.1 Å². The van der Waals surface area contributed by atoms with Crippen LogP contribution in [-0.2, 0) is 22.6 Å². The first-order valence-electron chi connectivity index (χ1n) is 12.2. The predicted molar refractivity (Wildman–Crippen MR) is 151 cm³/mol. The SMILES string of the molecule is CCOC(=O)c1ccc(Cl)c(OCCn2cnnn2)c1Cl.CCOC(=O)c1ccc(Cl)c(OCCn2ncnn2)c1Cl. The monoisotopic (exact) mass is 660 g/mol. The molecular formula is C24H24Cl4N8O6. The number of halogens is 4. The molecule has 2 aromatic carbocycles. The molecule has 18 heteroatoms. The minimum Gasteiger partial charge on any atom is -0.488 e. The van der Waals surface area contributed by atoms with Crippen LogP contribution in [0, 0.1) is 0 Å². The van der Waals surface area contributed by atoms with Crippen molar-refractivity contribution in [2.75, 3.05) is 26.4 Å². The zero-order valence-electron chi connectivity index (χ0n) is 22.2. The van der Waals surface area contributed by atoms with E-state index in [2.05, 4.69) is 30.9 Å². The van der Waals surface area contributed by atoms with Crippen LogP contribution in [0.25, 0.3) is 0 Å². The molecule has 42 heavy (non-hydrogen) atoms. The lowest BCUT2D eigenvalue weighted by Crippen LogP contribution is -2.12. The molecule has 0 amide bonds. The predicted octanol–water partition coefficient (Wildman–Crippen LogP) is 4.47. The summed E-state index contributed by atoms with van der Waals surface area (Å²) in [6, 6.07) is 6.06. The Morgan fingerprint density at radius 2 is 1.31 bits per heavy atom. The van der Waals surface area contributed by atoms with Crippen LogP contribution in [0.2, 0.25) is 20.1 Å². The van der Waals surface area contributed by atoms with E-state index in [1.165, 1.54) is 46.4 Å². The molecule has 0 fully saturated rings. The molecule has 14 nitrogen and oxygen atoms in total. The van der Waals surface area contributed by atoms with Crippen LogP contribution in [0.15, 0.2) is 36.9 Å². The normalized spacial score (nSPS) is 10.4. The summed E-state index contributed by atoms with van der Waals surface area (Å²) in [7, 11) is 0. The molecule has 0 unspecified atom stereocenters. The Balaban J connectivity index is 0.000000230. The molecule has 0 N–H and O–H groups in total. The number of rotatable bonds is 12.